The molecule has 0 saturated heterocycles. The first-order chi connectivity index (χ1) is 8.68. The van der Waals surface area contributed by atoms with Gasteiger partial charge in [-0.2, -0.15) is 33.7 Å². The van der Waals surface area contributed by atoms with E-state index in [0.29, 0.717) is 0 Å². The monoisotopic (exact) mass is 366 g/mol. The van der Waals surface area contributed by atoms with Crippen LogP contribution in [0.2, 0.25) is 0 Å². The van der Waals surface area contributed by atoms with Crippen molar-refractivity contribution < 1.29 is 33.7 Å². The van der Waals surface area contributed by atoms with Gasteiger partial charge in [0.05, 0.1) is 9.73 Å². The van der Waals surface area contributed by atoms with E-state index in [4.69, 9.17) is 11.6 Å². The largest absolute Gasteiger partial charge is 0.220 e. The molecular weight excluding hydrogens is 364 g/mol. The highest BCUT2D eigenvalue weighted by Gasteiger charge is 2.38. The number of hydrogen-bond acceptors (Lipinski definition) is 8. The molecule has 0 amide bonds. The second-order valence-electron chi connectivity index (χ2n) is 3.05. The van der Waals surface area contributed by atoms with E-state index >= 15 is 0 Å². The number of halogens is 1. The van der Waals surface area contributed by atoms with Crippen LogP contribution in [0.5, 0.6) is 0 Å². The van der Waals surface area contributed by atoms with Crippen LogP contribution in [0, 0.1) is 0 Å². The molecule has 8 nitrogen and oxygen atoms in total. The molecule has 0 unspecified atom stereocenters. The first-order valence-electron chi connectivity index (χ1n) is 4.15. The van der Waals surface area contributed by atoms with Gasteiger partial charge >= 0.3 is 0 Å². The molecule has 0 aromatic rings. The Labute approximate surface area is 117 Å². The van der Waals surface area contributed by atoms with Gasteiger partial charge in [0, 0.05) is 6.42 Å². The SMILES string of the molecule is O=S(=O)=C1CC(=S(=O)=O)C(=S(=O)=O)C(Cl)C1=S(=O)=O. The van der Waals surface area contributed by atoms with E-state index in [1.54, 1.807) is 0 Å². The summed E-state index contributed by atoms with van der Waals surface area (Å²) in [6, 6.07) is 0. The van der Waals surface area contributed by atoms with Gasteiger partial charge in [-0.15, -0.1) is 11.6 Å². The Hall–Kier alpha value is -0.950. The van der Waals surface area contributed by atoms with Crippen molar-refractivity contribution in [2.24, 2.45) is 0 Å². The maximum atomic E-state index is 10.9. The fraction of sp³-hybridized carbons (Fsp3) is 0.333. The van der Waals surface area contributed by atoms with Crippen LogP contribution in [-0.2, 0) is 41.2 Å². The predicted octanol–water partition coefficient (Wildman–Crippen LogP) is -2.80. The zero-order chi connectivity index (χ0) is 14.9. The maximum Gasteiger partial charge on any atom is 0.220 e. The Morgan fingerprint density at radius 2 is 1.00 bits per heavy atom. The lowest BCUT2D eigenvalue weighted by Crippen LogP contribution is -2.45. The standard InChI is InChI=1S/C6H3ClO8S4/c7-4-5(18(12)13)2(16(8)9)1-3(17(10)11)6(4)19(14)15/h4H,1H2. The summed E-state index contributed by atoms with van der Waals surface area (Å²) in [5.74, 6) is 0. The van der Waals surface area contributed by atoms with Crippen molar-refractivity contribution in [2.45, 2.75) is 11.8 Å². The number of rotatable bonds is 0. The molecule has 1 fully saturated rings. The van der Waals surface area contributed by atoms with E-state index < -0.39 is 72.4 Å². The van der Waals surface area contributed by atoms with Crippen molar-refractivity contribution in [1.29, 1.82) is 0 Å². The normalized spacial score (nSPS) is 19.3. The van der Waals surface area contributed by atoms with Crippen molar-refractivity contribution in [3.05, 3.63) is 0 Å². The summed E-state index contributed by atoms with van der Waals surface area (Å²) in [6.07, 6.45) is -0.873. The maximum absolute atomic E-state index is 10.9. The molecular formula is C6H3ClO8S4. The molecule has 106 valence electrons. The lowest BCUT2D eigenvalue weighted by Gasteiger charge is -2.17. The second kappa shape index (κ2) is 6.00. The minimum Gasteiger partial charge on any atom is -0.184 e. The van der Waals surface area contributed by atoms with Gasteiger partial charge in [-0.25, -0.2) is 0 Å². The highest BCUT2D eigenvalue weighted by molar-refractivity contribution is 7.86. The third-order valence-corrected chi connectivity index (χ3v) is 6.26. The van der Waals surface area contributed by atoms with E-state index in [1.807, 2.05) is 0 Å². The first-order valence-corrected chi connectivity index (χ1v) is 8.89. The zero-order valence-electron chi connectivity index (χ0n) is 8.56. The lowest BCUT2D eigenvalue weighted by atomic mass is 9.99. The van der Waals surface area contributed by atoms with Crippen molar-refractivity contribution in [2.75, 3.05) is 0 Å². The fourth-order valence-electron chi connectivity index (χ4n) is 1.36. The van der Waals surface area contributed by atoms with Gasteiger partial charge in [0.25, 0.3) is 0 Å². The molecule has 1 saturated carbocycles. The van der Waals surface area contributed by atoms with Gasteiger partial charge in [0.2, 0.25) is 41.2 Å². The molecule has 0 aliphatic heterocycles. The summed E-state index contributed by atoms with van der Waals surface area (Å²) in [5.41, 5.74) is 0. The van der Waals surface area contributed by atoms with Crippen molar-refractivity contribution in [1.82, 2.24) is 0 Å². The van der Waals surface area contributed by atoms with Gasteiger partial charge in [0.1, 0.15) is 15.1 Å². The third-order valence-electron chi connectivity index (χ3n) is 2.09. The van der Waals surface area contributed by atoms with Crippen LogP contribution in [-0.4, -0.2) is 58.5 Å². The van der Waals surface area contributed by atoms with E-state index in [1.165, 1.54) is 0 Å². The van der Waals surface area contributed by atoms with Gasteiger partial charge in [0.15, 0.2) is 0 Å². The number of hydrogen-bond donors (Lipinski definition) is 0. The quantitative estimate of drug-likeness (QED) is 0.331. The van der Waals surface area contributed by atoms with E-state index in [-0.39, 0.29) is 0 Å². The van der Waals surface area contributed by atoms with Crippen molar-refractivity contribution >= 4 is 72.2 Å². The molecule has 0 N–H and O–H groups in total. The summed E-state index contributed by atoms with van der Waals surface area (Å²) in [4.78, 5) is -3.30. The van der Waals surface area contributed by atoms with E-state index in [2.05, 4.69) is 0 Å². The molecule has 0 aromatic heterocycles. The molecule has 0 bridgehead atoms. The molecule has 19 heavy (non-hydrogen) atoms. The molecule has 0 atom stereocenters. The minimum atomic E-state index is -3.10. The predicted molar refractivity (Wildman–Crippen MR) is 70.0 cm³/mol. The highest BCUT2D eigenvalue weighted by atomic mass is 35.5. The molecule has 1 rings (SSSR count). The summed E-state index contributed by atoms with van der Waals surface area (Å²) in [7, 11) is -12.3. The Kier molecular flexibility index (Phi) is 5.09. The van der Waals surface area contributed by atoms with Crippen LogP contribution in [0.15, 0.2) is 0 Å². The van der Waals surface area contributed by atoms with Gasteiger partial charge in [-0.1, -0.05) is 0 Å². The smallest absolute Gasteiger partial charge is 0.184 e. The average molecular weight is 367 g/mol. The van der Waals surface area contributed by atoms with Gasteiger partial charge < -0.3 is 0 Å². The summed E-state index contributed by atoms with van der Waals surface area (Å²) in [6.45, 7) is 0. The number of alkyl halides is 1. The average Bonchev–Trinajstić information content (AvgIpc) is 2.25. The third kappa shape index (κ3) is 3.14. The molecule has 13 heteroatoms. The van der Waals surface area contributed by atoms with Crippen LogP contribution in [0.25, 0.3) is 0 Å². The van der Waals surface area contributed by atoms with Crippen molar-refractivity contribution in [3.8, 4) is 0 Å². The molecule has 0 aromatic carbocycles. The molecule has 0 spiro atoms. The Morgan fingerprint density at radius 3 is 1.21 bits per heavy atom. The highest BCUT2D eigenvalue weighted by Crippen LogP contribution is 2.14. The fourth-order valence-corrected chi connectivity index (χ4v) is 5.35. The summed E-state index contributed by atoms with van der Waals surface area (Å²) < 4.78 is 87.3. The molecule has 1 aliphatic rings. The van der Waals surface area contributed by atoms with Gasteiger partial charge in [-0.3, -0.25) is 0 Å². The zero-order valence-corrected chi connectivity index (χ0v) is 12.6. The van der Waals surface area contributed by atoms with Crippen molar-refractivity contribution in [3.63, 3.8) is 0 Å². The Bertz CT molecular complexity index is 873. The summed E-state index contributed by atoms with van der Waals surface area (Å²) in [5, 5.41) is -1.90. The van der Waals surface area contributed by atoms with Crippen LogP contribution in [0.1, 0.15) is 6.42 Å². The summed E-state index contributed by atoms with van der Waals surface area (Å²) >= 11 is 5.57. The second-order valence-corrected chi connectivity index (χ2v) is 7.23. The molecule has 0 radical (unpaired) electrons. The molecule has 1 aliphatic carbocycles. The van der Waals surface area contributed by atoms with E-state index in [0.717, 1.165) is 0 Å². The van der Waals surface area contributed by atoms with Gasteiger partial charge in [-0.05, 0) is 0 Å². The Morgan fingerprint density at radius 1 is 0.684 bits per heavy atom. The van der Waals surface area contributed by atoms with Crippen LogP contribution < -0.4 is 0 Å². The minimum absolute atomic E-state index is 0.776. The van der Waals surface area contributed by atoms with E-state index in [9.17, 15) is 33.7 Å². The van der Waals surface area contributed by atoms with Crippen LogP contribution >= 0.6 is 11.6 Å². The van der Waals surface area contributed by atoms with Crippen LogP contribution in [0.4, 0.5) is 0 Å². The molecule has 0 heterocycles. The Balaban J connectivity index is 4.06. The lowest BCUT2D eigenvalue weighted by molar-refractivity contribution is 0.624. The topological polar surface area (TPSA) is 137 Å². The van der Waals surface area contributed by atoms with Crippen LogP contribution in [0.3, 0.4) is 0 Å². The first kappa shape index (κ1) is 16.1.